The van der Waals surface area contributed by atoms with E-state index in [9.17, 15) is 0 Å². The quantitative estimate of drug-likeness (QED) is 0.387. The first-order chi connectivity index (χ1) is 13.6. The Morgan fingerprint density at radius 3 is 2.89 bits per heavy atom. The highest BCUT2D eigenvalue weighted by Gasteiger charge is 2.13. The second-order valence-corrected chi connectivity index (χ2v) is 6.58. The van der Waals surface area contributed by atoms with E-state index >= 15 is 0 Å². The molecule has 1 aliphatic heterocycles. The molecule has 2 heterocycles. The van der Waals surface area contributed by atoms with Crippen molar-refractivity contribution in [3.8, 4) is 17.2 Å². The average molecular weight is 397 g/mol. The lowest BCUT2D eigenvalue weighted by molar-refractivity contribution is 0.174. The van der Waals surface area contributed by atoms with Gasteiger partial charge in [-0.1, -0.05) is 18.2 Å². The first kappa shape index (κ1) is 18.1. The van der Waals surface area contributed by atoms with E-state index in [0.717, 1.165) is 22.4 Å². The first-order valence-corrected chi connectivity index (χ1v) is 9.08. The molecule has 144 valence electrons. The zero-order valence-electron chi connectivity index (χ0n) is 15.4. The van der Waals surface area contributed by atoms with Crippen molar-refractivity contribution in [2.45, 2.75) is 13.5 Å². The Morgan fingerprint density at radius 2 is 2.04 bits per heavy atom. The largest absolute Gasteiger partial charge is 0.493 e. The van der Waals surface area contributed by atoms with Crippen molar-refractivity contribution in [1.29, 1.82) is 0 Å². The smallest absolute Gasteiger partial charge is 0.231 e. The summed E-state index contributed by atoms with van der Waals surface area (Å²) in [5, 5.41) is 8.77. The number of furan rings is 1. The minimum Gasteiger partial charge on any atom is -0.493 e. The molecule has 0 bridgehead atoms. The van der Waals surface area contributed by atoms with Crippen molar-refractivity contribution in [2.75, 3.05) is 13.9 Å². The van der Waals surface area contributed by atoms with Crippen LogP contribution in [0.15, 0.2) is 52.0 Å². The predicted molar refractivity (Wildman–Crippen MR) is 110 cm³/mol. The van der Waals surface area contributed by atoms with Crippen LogP contribution in [0.4, 0.5) is 0 Å². The molecule has 8 heteroatoms. The van der Waals surface area contributed by atoms with Gasteiger partial charge in [-0.25, -0.2) is 0 Å². The normalized spacial score (nSPS) is 12.9. The molecule has 0 saturated heterocycles. The topological polar surface area (TPSA) is 77.2 Å². The molecular formula is C20H19N3O4S. The standard InChI is InChI=1S/C20H19N3O4S/c1-12(17-9-14-4-3-5-16(24-2)19(14)27-17)22-23-20(28)21-10-13-6-7-15-18(8-13)26-11-25-15/h3-9H,10-11H2,1-2H3,(H2,21,23,28)/b22-12-. The van der Waals surface area contributed by atoms with Gasteiger partial charge < -0.3 is 23.9 Å². The van der Waals surface area contributed by atoms with Crippen molar-refractivity contribution in [3.05, 3.63) is 53.8 Å². The Balaban J connectivity index is 1.37. The zero-order chi connectivity index (χ0) is 19.5. The SMILES string of the molecule is COc1cccc2cc(/C(C)=N\NC(=S)NCc3ccc4c(c3)OCO4)oc12. The van der Waals surface area contributed by atoms with Gasteiger partial charge in [0.05, 0.1) is 7.11 Å². The van der Waals surface area contributed by atoms with Gasteiger partial charge in [-0.05, 0) is 49.0 Å². The molecule has 2 aromatic carbocycles. The maximum absolute atomic E-state index is 5.87. The second-order valence-electron chi connectivity index (χ2n) is 6.17. The van der Waals surface area contributed by atoms with E-state index in [-0.39, 0.29) is 6.79 Å². The van der Waals surface area contributed by atoms with Crippen LogP contribution < -0.4 is 25.0 Å². The summed E-state index contributed by atoms with van der Waals surface area (Å²) in [7, 11) is 1.61. The lowest BCUT2D eigenvalue weighted by atomic mass is 10.2. The van der Waals surface area contributed by atoms with Crippen molar-refractivity contribution >= 4 is 34.0 Å². The second kappa shape index (κ2) is 7.77. The van der Waals surface area contributed by atoms with Crippen LogP contribution in [0.1, 0.15) is 18.2 Å². The fourth-order valence-corrected chi connectivity index (χ4v) is 2.96. The summed E-state index contributed by atoms with van der Waals surface area (Å²) in [5.41, 5.74) is 5.23. The number of benzene rings is 2. The molecule has 4 rings (SSSR count). The lowest BCUT2D eigenvalue weighted by Crippen LogP contribution is -2.32. The first-order valence-electron chi connectivity index (χ1n) is 8.67. The molecule has 0 atom stereocenters. The van der Waals surface area contributed by atoms with Crippen molar-refractivity contribution < 1.29 is 18.6 Å². The van der Waals surface area contributed by atoms with E-state index in [4.69, 9.17) is 30.8 Å². The third-order valence-electron chi connectivity index (χ3n) is 4.30. The summed E-state index contributed by atoms with van der Waals surface area (Å²) in [6.45, 7) is 2.64. The highest BCUT2D eigenvalue weighted by atomic mass is 32.1. The van der Waals surface area contributed by atoms with Gasteiger partial charge in [0, 0.05) is 11.9 Å². The van der Waals surface area contributed by atoms with Gasteiger partial charge >= 0.3 is 0 Å². The minimum atomic E-state index is 0.258. The Labute approximate surface area is 167 Å². The molecule has 0 amide bonds. The van der Waals surface area contributed by atoms with Crippen LogP contribution in [0.2, 0.25) is 0 Å². The van der Waals surface area contributed by atoms with E-state index in [1.165, 1.54) is 0 Å². The molecule has 1 aromatic heterocycles. The number of hydrogen-bond donors (Lipinski definition) is 2. The van der Waals surface area contributed by atoms with Gasteiger partial charge in [-0.2, -0.15) is 5.10 Å². The molecule has 3 aromatic rings. The van der Waals surface area contributed by atoms with Gasteiger partial charge in [-0.3, -0.25) is 5.43 Å². The molecule has 7 nitrogen and oxygen atoms in total. The van der Waals surface area contributed by atoms with Gasteiger partial charge in [0.15, 0.2) is 33.7 Å². The Kier molecular flexibility index (Phi) is 5.03. The number of thiocarbonyl (C=S) groups is 1. The Morgan fingerprint density at radius 1 is 1.18 bits per heavy atom. The minimum absolute atomic E-state index is 0.258. The van der Waals surface area contributed by atoms with Gasteiger partial charge in [0.1, 0.15) is 5.71 Å². The molecule has 0 spiro atoms. The Bertz CT molecular complexity index is 1060. The van der Waals surface area contributed by atoms with Crippen LogP contribution in [-0.4, -0.2) is 24.7 Å². The number of hydrazone groups is 1. The van der Waals surface area contributed by atoms with Crippen LogP contribution in [-0.2, 0) is 6.54 Å². The molecule has 0 radical (unpaired) electrons. The molecule has 28 heavy (non-hydrogen) atoms. The number of nitrogens with one attached hydrogen (secondary N) is 2. The molecular weight excluding hydrogens is 378 g/mol. The number of nitrogens with zero attached hydrogens (tertiary/aromatic N) is 1. The van der Waals surface area contributed by atoms with E-state index < -0.39 is 0 Å². The van der Waals surface area contributed by atoms with Crippen molar-refractivity contribution in [3.63, 3.8) is 0 Å². The number of ether oxygens (including phenoxy) is 3. The highest BCUT2D eigenvalue weighted by molar-refractivity contribution is 7.80. The zero-order valence-corrected chi connectivity index (χ0v) is 16.3. The van der Waals surface area contributed by atoms with Gasteiger partial charge in [-0.15, -0.1) is 0 Å². The third-order valence-corrected chi connectivity index (χ3v) is 4.54. The fraction of sp³-hybridized carbons (Fsp3) is 0.200. The van der Waals surface area contributed by atoms with Crippen LogP contribution in [0.5, 0.6) is 17.2 Å². The molecule has 0 aliphatic carbocycles. The van der Waals surface area contributed by atoms with Crippen molar-refractivity contribution in [2.24, 2.45) is 5.10 Å². The molecule has 1 aliphatic rings. The van der Waals surface area contributed by atoms with Crippen LogP contribution in [0.25, 0.3) is 11.0 Å². The summed E-state index contributed by atoms with van der Waals surface area (Å²) >= 11 is 5.29. The average Bonchev–Trinajstić information content (AvgIpc) is 3.36. The third kappa shape index (κ3) is 3.72. The number of fused-ring (bicyclic) bond motifs is 2. The van der Waals surface area contributed by atoms with Crippen LogP contribution in [0, 0.1) is 0 Å². The van der Waals surface area contributed by atoms with E-state index in [1.54, 1.807) is 7.11 Å². The summed E-state index contributed by atoms with van der Waals surface area (Å²) in [6.07, 6.45) is 0. The highest BCUT2D eigenvalue weighted by Crippen LogP contribution is 2.32. The summed E-state index contributed by atoms with van der Waals surface area (Å²) in [5.74, 6) is 2.83. The maximum atomic E-state index is 5.87. The summed E-state index contributed by atoms with van der Waals surface area (Å²) in [4.78, 5) is 0. The molecule has 0 saturated carbocycles. The van der Waals surface area contributed by atoms with Crippen LogP contribution in [0.3, 0.4) is 0 Å². The molecule has 0 fully saturated rings. The van der Waals surface area contributed by atoms with E-state index in [2.05, 4.69) is 15.8 Å². The molecule has 0 unspecified atom stereocenters. The van der Waals surface area contributed by atoms with Gasteiger partial charge in [0.25, 0.3) is 0 Å². The van der Waals surface area contributed by atoms with Gasteiger partial charge in [0.2, 0.25) is 6.79 Å². The number of rotatable bonds is 5. The predicted octanol–water partition coefficient (Wildman–Crippen LogP) is 3.56. The molecule has 2 N–H and O–H groups in total. The maximum Gasteiger partial charge on any atom is 0.231 e. The number of methoxy groups -OCH3 is 1. The lowest BCUT2D eigenvalue weighted by Gasteiger charge is -2.08. The Hall–Kier alpha value is -3.26. The van der Waals surface area contributed by atoms with Crippen molar-refractivity contribution in [1.82, 2.24) is 10.7 Å². The number of hydrogen-bond acceptors (Lipinski definition) is 6. The van der Waals surface area contributed by atoms with E-state index in [0.29, 0.717) is 34.5 Å². The van der Waals surface area contributed by atoms with Crippen LogP contribution >= 0.6 is 12.2 Å². The monoisotopic (exact) mass is 397 g/mol. The fourth-order valence-electron chi connectivity index (χ4n) is 2.84. The van der Waals surface area contributed by atoms with E-state index in [1.807, 2.05) is 49.4 Å². The summed E-state index contributed by atoms with van der Waals surface area (Å²) < 4.78 is 21.9. The number of para-hydroxylation sites is 1. The summed E-state index contributed by atoms with van der Waals surface area (Å²) in [6, 6.07) is 13.4.